The van der Waals surface area contributed by atoms with Crippen molar-refractivity contribution >= 4 is 32.5 Å². The molecule has 0 saturated carbocycles. The zero-order valence-corrected chi connectivity index (χ0v) is 12.0. The zero-order valence-electron chi connectivity index (χ0n) is 10.4. The first kappa shape index (κ1) is 12.3. The Morgan fingerprint density at radius 2 is 2.05 bits per heavy atom. The SMILES string of the molecule is N=C1S[C@H]2CS(=O)(=O)C[C@H]2N1c1ccc2c(c1)OCO2. The highest BCUT2D eigenvalue weighted by Gasteiger charge is 2.48. The van der Waals surface area contributed by atoms with Gasteiger partial charge in [0.05, 0.1) is 17.5 Å². The molecule has 1 N–H and O–H groups in total. The first-order valence-electron chi connectivity index (χ1n) is 6.18. The second kappa shape index (κ2) is 4.05. The molecule has 3 aliphatic heterocycles. The topological polar surface area (TPSA) is 79.7 Å². The quantitative estimate of drug-likeness (QED) is 0.835. The van der Waals surface area contributed by atoms with Crippen molar-refractivity contribution in [3.63, 3.8) is 0 Å². The molecule has 20 heavy (non-hydrogen) atoms. The van der Waals surface area contributed by atoms with Crippen molar-refractivity contribution in [3.05, 3.63) is 18.2 Å². The van der Waals surface area contributed by atoms with Gasteiger partial charge in [-0.15, -0.1) is 0 Å². The molecule has 2 fully saturated rings. The van der Waals surface area contributed by atoms with Crippen LogP contribution in [0.3, 0.4) is 0 Å². The Balaban J connectivity index is 1.72. The molecule has 4 rings (SSSR count). The molecule has 0 spiro atoms. The molecule has 8 heteroatoms. The monoisotopic (exact) mass is 312 g/mol. The summed E-state index contributed by atoms with van der Waals surface area (Å²) >= 11 is 1.33. The first-order valence-corrected chi connectivity index (χ1v) is 8.88. The van der Waals surface area contributed by atoms with Crippen LogP contribution < -0.4 is 14.4 Å². The molecule has 2 saturated heterocycles. The molecule has 6 nitrogen and oxygen atoms in total. The van der Waals surface area contributed by atoms with E-state index in [0.717, 1.165) is 5.69 Å². The Hall–Kier alpha value is -1.41. The molecule has 2 atom stereocenters. The van der Waals surface area contributed by atoms with Crippen LogP contribution in [0.5, 0.6) is 11.5 Å². The number of thioether (sulfide) groups is 1. The van der Waals surface area contributed by atoms with Crippen LogP contribution in [0, 0.1) is 5.41 Å². The van der Waals surface area contributed by atoms with E-state index in [1.54, 1.807) is 11.0 Å². The largest absolute Gasteiger partial charge is 0.454 e. The van der Waals surface area contributed by atoms with Gasteiger partial charge in [-0.2, -0.15) is 0 Å². The van der Waals surface area contributed by atoms with Gasteiger partial charge in [-0.1, -0.05) is 11.8 Å². The highest BCUT2D eigenvalue weighted by Crippen LogP contribution is 2.43. The Bertz CT molecular complexity index is 703. The van der Waals surface area contributed by atoms with Crippen molar-refractivity contribution in [2.75, 3.05) is 23.2 Å². The second-order valence-electron chi connectivity index (χ2n) is 5.01. The van der Waals surface area contributed by atoms with E-state index in [2.05, 4.69) is 0 Å². The van der Waals surface area contributed by atoms with E-state index >= 15 is 0 Å². The fraction of sp³-hybridized carbons (Fsp3) is 0.417. The molecule has 0 unspecified atom stereocenters. The smallest absolute Gasteiger partial charge is 0.231 e. The Morgan fingerprint density at radius 3 is 2.90 bits per heavy atom. The minimum Gasteiger partial charge on any atom is -0.454 e. The van der Waals surface area contributed by atoms with Gasteiger partial charge in [0, 0.05) is 17.0 Å². The van der Waals surface area contributed by atoms with E-state index in [9.17, 15) is 8.42 Å². The summed E-state index contributed by atoms with van der Waals surface area (Å²) in [7, 11) is -3.00. The maximum Gasteiger partial charge on any atom is 0.231 e. The van der Waals surface area contributed by atoms with Crippen LogP contribution in [-0.2, 0) is 9.84 Å². The van der Waals surface area contributed by atoms with Crippen LogP contribution >= 0.6 is 11.8 Å². The van der Waals surface area contributed by atoms with Crippen molar-refractivity contribution in [3.8, 4) is 11.5 Å². The molecule has 0 amide bonds. The average Bonchev–Trinajstić information content (AvgIpc) is 3.00. The van der Waals surface area contributed by atoms with Crippen molar-refractivity contribution in [2.24, 2.45) is 0 Å². The van der Waals surface area contributed by atoms with Gasteiger partial charge < -0.3 is 14.4 Å². The highest BCUT2D eigenvalue weighted by atomic mass is 32.2. The van der Waals surface area contributed by atoms with Gasteiger partial charge in [0.2, 0.25) is 6.79 Å². The summed E-state index contributed by atoms with van der Waals surface area (Å²) in [5.74, 6) is 1.60. The number of nitrogens with zero attached hydrogens (tertiary/aromatic N) is 1. The Morgan fingerprint density at radius 1 is 1.25 bits per heavy atom. The lowest BCUT2D eigenvalue weighted by Crippen LogP contribution is -2.37. The van der Waals surface area contributed by atoms with E-state index in [1.165, 1.54) is 11.8 Å². The minimum absolute atomic E-state index is 0.0436. The summed E-state index contributed by atoms with van der Waals surface area (Å²) in [4.78, 5) is 1.79. The molecule has 1 aromatic rings. The maximum atomic E-state index is 11.8. The summed E-state index contributed by atoms with van der Waals surface area (Å²) in [5, 5.41) is 8.44. The van der Waals surface area contributed by atoms with E-state index in [4.69, 9.17) is 14.9 Å². The second-order valence-corrected chi connectivity index (χ2v) is 8.39. The summed E-state index contributed by atoms with van der Waals surface area (Å²) in [6.45, 7) is 0.200. The number of hydrogen-bond acceptors (Lipinski definition) is 6. The van der Waals surface area contributed by atoms with Crippen LogP contribution in [0.4, 0.5) is 5.69 Å². The number of fused-ring (bicyclic) bond motifs is 2. The number of nitrogens with one attached hydrogen (secondary N) is 1. The van der Waals surface area contributed by atoms with Gasteiger partial charge >= 0.3 is 0 Å². The van der Waals surface area contributed by atoms with Crippen molar-refractivity contribution in [1.82, 2.24) is 0 Å². The van der Waals surface area contributed by atoms with E-state index in [0.29, 0.717) is 16.7 Å². The molecule has 3 heterocycles. The van der Waals surface area contributed by atoms with Crippen LogP contribution in [0.1, 0.15) is 0 Å². The van der Waals surface area contributed by atoms with E-state index < -0.39 is 9.84 Å². The van der Waals surface area contributed by atoms with Gasteiger partial charge in [0.15, 0.2) is 26.5 Å². The van der Waals surface area contributed by atoms with Gasteiger partial charge in [0.1, 0.15) is 0 Å². The molecule has 0 aromatic heterocycles. The number of anilines is 1. The van der Waals surface area contributed by atoms with E-state index in [1.807, 2.05) is 12.1 Å². The number of benzene rings is 1. The van der Waals surface area contributed by atoms with Gasteiger partial charge in [-0.3, -0.25) is 5.41 Å². The van der Waals surface area contributed by atoms with Crippen molar-refractivity contribution in [2.45, 2.75) is 11.3 Å². The van der Waals surface area contributed by atoms with Gasteiger partial charge in [0.25, 0.3) is 0 Å². The molecule has 3 aliphatic rings. The summed E-state index contributed by atoms with van der Waals surface area (Å²) in [6, 6.07) is 5.30. The number of ether oxygens (including phenoxy) is 2. The van der Waals surface area contributed by atoms with Crippen molar-refractivity contribution in [1.29, 1.82) is 5.41 Å². The fourth-order valence-electron chi connectivity index (χ4n) is 2.84. The molecule has 1 aromatic carbocycles. The summed E-state index contributed by atoms with van der Waals surface area (Å²) in [6.07, 6.45) is 0. The third-order valence-electron chi connectivity index (χ3n) is 3.72. The van der Waals surface area contributed by atoms with E-state index in [-0.39, 0.29) is 29.6 Å². The summed E-state index contributed by atoms with van der Waals surface area (Å²) < 4.78 is 34.1. The predicted octanol–water partition coefficient (Wildman–Crippen LogP) is 1.07. The van der Waals surface area contributed by atoms with Crippen LogP contribution in [0.15, 0.2) is 18.2 Å². The lowest BCUT2D eigenvalue weighted by molar-refractivity contribution is 0.174. The molecular formula is C12H12N2O4S2. The number of rotatable bonds is 1. The lowest BCUT2D eigenvalue weighted by Gasteiger charge is -2.24. The zero-order chi connectivity index (χ0) is 13.9. The standard InChI is InChI=1S/C12H12N2O4S2/c13-12-14(8-4-20(15,16)5-11(8)19-12)7-1-2-9-10(3-7)18-6-17-9/h1-3,8,11,13H,4-6H2/t8-,11+/m1/s1. The number of hydrogen-bond donors (Lipinski definition) is 1. The van der Waals surface area contributed by atoms with Crippen LogP contribution in [0.2, 0.25) is 0 Å². The van der Waals surface area contributed by atoms with Gasteiger partial charge in [-0.05, 0) is 12.1 Å². The predicted molar refractivity (Wildman–Crippen MR) is 76.6 cm³/mol. The lowest BCUT2D eigenvalue weighted by atomic mass is 10.2. The summed E-state index contributed by atoms with van der Waals surface area (Å²) in [5.41, 5.74) is 0.788. The molecule has 106 valence electrons. The maximum absolute atomic E-state index is 11.8. The minimum atomic E-state index is -3.00. The first-order chi connectivity index (χ1) is 9.53. The average molecular weight is 312 g/mol. The van der Waals surface area contributed by atoms with Crippen LogP contribution in [0.25, 0.3) is 0 Å². The highest BCUT2D eigenvalue weighted by molar-refractivity contribution is 8.15. The van der Waals surface area contributed by atoms with Gasteiger partial charge in [-0.25, -0.2) is 8.42 Å². The molecular weight excluding hydrogens is 300 g/mol. The third kappa shape index (κ3) is 1.78. The fourth-order valence-corrected chi connectivity index (χ4v) is 6.64. The Kier molecular flexibility index (Phi) is 2.50. The molecule has 0 radical (unpaired) electrons. The molecule has 0 aliphatic carbocycles. The number of sulfone groups is 1. The molecule has 0 bridgehead atoms. The third-order valence-corrected chi connectivity index (χ3v) is 6.85. The number of amidine groups is 1. The normalized spacial score (nSPS) is 29.8. The Labute approximate surface area is 120 Å². The van der Waals surface area contributed by atoms with Crippen molar-refractivity contribution < 1.29 is 17.9 Å². The van der Waals surface area contributed by atoms with Crippen LogP contribution in [-0.4, -0.2) is 43.2 Å².